The number of methoxy groups -OCH3 is 1. The molecule has 1 N–H and O–H groups in total. The number of carboxylic acids is 1. The fourth-order valence-electron chi connectivity index (χ4n) is 3.31. The molecule has 9 nitrogen and oxygen atoms in total. The van der Waals surface area contributed by atoms with Gasteiger partial charge < -0.3 is 14.6 Å². The summed E-state index contributed by atoms with van der Waals surface area (Å²) in [6, 6.07) is 10.8. The third-order valence-corrected chi connectivity index (χ3v) is 5.00. The van der Waals surface area contributed by atoms with E-state index in [2.05, 4.69) is 15.0 Å². The summed E-state index contributed by atoms with van der Waals surface area (Å²) in [6.07, 6.45) is 6.49. The van der Waals surface area contributed by atoms with Gasteiger partial charge in [0.15, 0.2) is 0 Å². The maximum absolute atomic E-state index is 11.2. The lowest BCUT2D eigenvalue weighted by Crippen LogP contribution is -2.10. The number of imidazole rings is 1. The van der Waals surface area contributed by atoms with E-state index in [1.165, 1.54) is 12.3 Å². The van der Waals surface area contributed by atoms with Gasteiger partial charge in [-0.15, -0.1) is 0 Å². The van der Waals surface area contributed by atoms with Gasteiger partial charge in [-0.25, -0.2) is 19.7 Å². The van der Waals surface area contributed by atoms with Gasteiger partial charge in [0.25, 0.3) is 0 Å². The number of hydrogen-bond donors (Lipinski definition) is 1. The van der Waals surface area contributed by atoms with Crippen molar-refractivity contribution in [3.63, 3.8) is 0 Å². The van der Waals surface area contributed by atoms with Crippen LogP contribution in [0, 0.1) is 0 Å². The van der Waals surface area contributed by atoms with E-state index in [1.807, 2.05) is 38.1 Å². The molecule has 3 heterocycles. The van der Waals surface area contributed by atoms with Crippen molar-refractivity contribution < 1.29 is 19.4 Å². The van der Waals surface area contributed by atoms with Gasteiger partial charge in [0.2, 0.25) is 11.8 Å². The Balaban J connectivity index is 1.78. The first-order chi connectivity index (χ1) is 16.0. The SMILES string of the molecule is COc1ccc(COc2nc(-n3ccnc3)nc(-c3ccc(C(=O)O)nc3)c2C(C)C)cc1. The summed E-state index contributed by atoms with van der Waals surface area (Å²) in [5.74, 6) is 0.541. The molecule has 0 amide bonds. The molecule has 0 aliphatic rings. The summed E-state index contributed by atoms with van der Waals surface area (Å²) in [6.45, 7) is 4.36. The van der Waals surface area contributed by atoms with Crippen LogP contribution >= 0.6 is 0 Å². The van der Waals surface area contributed by atoms with Crippen LogP contribution in [0.2, 0.25) is 0 Å². The fourth-order valence-corrected chi connectivity index (χ4v) is 3.31. The van der Waals surface area contributed by atoms with E-state index in [-0.39, 0.29) is 11.6 Å². The van der Waals surface area contributed by atoms with Crippen LogP contribution < -0.4 is 9.47 Å². The van der Waals surface area contributed by atoms with Crippen LogP contribution in [0.3, 0.4) is 0 Å². The minimum Gasteiger partial charge on any atom is -0.497 e. The number of aromatic carboxylic acids is 1. The minimum atomic E-state index is -1.09. The Labute approximate surface area is 190 Å². The van der Waals surface area contributed by atoms with E-state index < -0.39 is 5.97 Å². The summed E-state index contributed by atoms with van der Waals surface area (Å²) in [4.78, 5) is 28.8. The molecule has 0 spiro atoms. The van der Waals surface area contributed by atoms with Gasteiger partial charge in [-0.05, 0) is 35.7 Å². The monoisotopic (exact) mass is 445 g/mol. The summed E-state index contributed by atoms with van der Waals surface area (Å²) < 4.78 is 13.1. The second-order valence-electron chi connectivity index (χ2n) is 7.59. The smallest absolute Gasteiger partial charge is 0.354 e. The number of aromatic nitrogens is 5. The Morgan fingerprint density at radius 2 is 1.91 bits per heavy atom. The van der Waals surface area contributed by atoms with E-state index in [0.717, 1.165) is 16.9 Å². The number of hydrogen-bond acceptors (Lipinski definition) is 7. The van der Waals surface area contributed by atoms with Gasteiger partial charge in [0, 0.05) is 29.7 Å². The molecule has 0 atom stereocenters. The Kier molecular flexibility index (Phi) is 6.30. The minimum absolute atomic E-state index is 0.0295. The molecule has 1 aromatic carbocycles. The summed E-state index contributed by atoms with van der Waals surface area (Å²) in [5, 5.41) is 9.19. The highest BCUT2D eigenvalue weighted by Gasteiger charge is 2.21. The van der Waals surface area contributed by atoms with Crippen LogP contribution in [-0.2, 0) is 6.61 Å². The van der Waals surface area contributed by atoms with Crippen molar-refractivity contribution in [3.05, 3.63) is 78.1 Å². The van der Waals surface area contributed by atoms with Gasteiger partial charge in [-0.2, -0.15) is 4.98 Å². The van der Waals surface area contributed by atoms with E-state index in [1.54, 1.807) is 36.5 Å². The van der Waals surface area contributed by atoms with Gasteiger partial charge >= 0.3 is 5.97 Å². The summed E-state index contributed by atoms with van der Waals surface area (Å²) in [5.41, 5.74) is 3.02. The van der Waals surface area contributed by atoms with Crippen molar-refractivity contribution >= 4 is 5.97 Å². The zero-order valence-electron chi connectivity index (χ0n) is 18.5. The normalized spacial score (nSPS) is 10.9. The average Bonchev–Trinajstić information content (AvgIpc) is 3.37. The number of carbonyl (C=O) groups is 1. The van der Waals surface area contributed by atoms with Crippen molar-refractivity contribution in [1.29, 1.82) is 0 Å². The molecule has 33 heavy (non-hydrogen) atoms. The number of pyridine rings is 1. The van der Waals surface area contributed by atoms with Crippen LogP contribution in [0.15, 0.2) is 61.3 Å². The van der Waals surface area contributed by atoms with E-state index in [4.69, 9.17) is 14.5 Å². The Morgan fingerprint density at radius 1 is 1.12 bits per heavy atom. The topological polar surface area (TPSA) is 112 Å². The molecule has 0 fully saturated rings. The predicted molar refractivity (Wildman–Crippen MR) is 121 cm³/mol. The van der Waals surface area contributed by atoms with Crippen LogP contribution in [-0.4, -0.2) is 42.7 Å². The van der Waals surface area contributed by atoms with E-state index in [9.17, 15) is 9.90 Å². The van der Waals surface area contributed by atoms with Crippen LogP contribution in [0.5, 0.6) is 11.6 Å². The molecular weight excluding hydrogens is 422 g/mol. The van der Waals surface area contributed by atoms with Crippen LogP contribution in [0.1, 0.15) is 41.4 Å². The summed E-state index contributed by atoms with van der Waals surface area (Å²) in [7, 11) is 1.62. The molecular formula is C24H23N5O4. The number of carboxylic acid groups (broad SMARTS) is 1. The third-order valence-electron chi connectivity index (χ3n) is 5.00. The van der Waals surface area contributed by atoms with Crippen molar-refractivity contribution in [2.45, 2.75) is 26.4 Å². The molecule has 0 radical (unpaired) electrons. The molecule has 0 saturated carbocycles. The third kappa shape index (κ3) is 4.82. The molecule has 0 unspecified atom stereocenters. The van der Waals surface area contributed by atoms with Crippen molar-refractivity contribution in [2.24, 2.45) is 0 Å². The number of nitrogens with zero attached hydrogens (tertiary/aromatic N) is 5. The predicted octanol–water partition coefficient (Wildman–Crippen LogP) is 4.13. The molecule has 3 aromatic heterocycles. The quantitative estimate of drug-likeness (QED) is 0.431. The molecule has 4 aromatic rings. The van der Waals surface area contributed by atoms with E-state index >= 15 is 0 Å². The Morgan fingerprint density at radius 3 is 2.48 bits per heavy atom. The number of ether oxygens (including phenoxy) is 2. The van der Waals surface area contributed by atoms with Crippen molar-refractivity contribution in [2.75, 3.05) is 7.11 Å². The average molecular weight is 445 g/mol. The van der Waals surface area contributed by atoms with Crippen LogP contribution in [0.25, 0.3) is 17.2 Å². The lowest BCUT2D eigenvalue weighted by Gasteiger charge is -2.18. The lowest BCUT2D eigenvalue weighted by atomic mass is 9.98. The standard InChI is InChI=1S/C24H23N5O4/c1-15(2)20-21(17-6-9-19(23(30)31)26-12-17)27-24(29-11-10-25-14-29)28-22(20)33-13-16-4-7-18(32-3)8-5-16/h4-12,14-15H,13H2,1-3H3,(H,30,31). The largest absolute Gasteiger partial charge is 0.497 e. The molecule has 0 aliphatic carbocycles. The Hall–Kier alpha value is -4.27. The van der Waals surface area contributed by atoms with Crippen molar-refractivity contribution in [3.8, 4) is 28.8 Å². The van der Waals surface area contributed by atoms with E-state index in [0.29, 0.717) is 29.7 Å². The van der Waals surface area contributed by atoms with Crippen LogP contribution in [0.4, 0.5) is 0 Å². The molecule has 0 aliphatic heterocycles. The maximum atomic E-state index is 11.2. The van der Waals surface area contributed by atoms with Gasteiger partial charge in [-0.1, -0.05) is 26.0 Å². The number of rotatable bonds is 8. The summed E-state index contributed by atoms with van der Waals surface area (Å²) >= 11 is 0. The maximum Gasteiger partial charge on any atom is 0.354 e. The first-order valence-corrected chi connectivity index (χ1v) is 10.3. The molecule has 168 valence electrons. The van der Waals surface area contributed by atoms with Crippen molar-refractivity contribution in [1.82, 2.24) is 24.5 Å². The highest BCUT2D eigenvalue weighted by atomic mass is 16.5. The number of benzene rings is 1. The Bertz CT molecular complexity index is 1240. The zero-order chi connectivity index (χ0) is 23.4. The zero-order valence-corrected chi connectivity index (χ0v) is 18.5. The second-order valence-corrected chi connectivity index (χ2v) is 7.59. The lowest BCUT2D eigenvalue weighted by molar-refractivity contribution is 0.0690. The molecule has 9 heteroatoms. The van der Waals surface area contributed by atoms with Gasteiger partial charge in [0.1, 0.15) is 24.4 Å². The highest BCUT2D eigenvalue weighted by Crippen LogP contribution is 2.35. The molecule has 0 saturated heterocycles. The van der Waals surface area contributed by atoms with Gasteiger partial charge in [0.05, 0.1) is 12.8 Å². The van der Waals surface area contributed by atoms with Gasteiger partial charge in [-0.3, -0.25) is 4.57 Å². The highest BCUT2D eigenvalue weighted by molar-refractivity contribution is 5.85. The molecule has 0 bridgehead atoms. The first-order valence-electron chi connectivity index (χ1n) is 10.3. The fraction of sp³-hybridized carbons (Fsp3) is 0.208. The molecule has 4 rings (SSSR count). The first kappa shape index (κ1) is 21.9. The second kappa shape index (κ2) is 9.47.